The molecule has 1 rings (SSSR count). The Morgan fingerprint density at radius 2 is 2.43 bits per heavy atom. The van der Waals surface area contributed by atoms with Gasteiger partial charge in [0.2, 0.25) is 0 Å². The molecule has 0 aromatic heterocycles. The molecule has 0 amide bonds. The van der Waals surface area contributed by atoms with Crippen molar-refractivity contribution in [3.8, 4) is 0 Å². The van der Waals surface area contributed by atoms with Crippen LogP contribution in [0.4, 0.5) is 0 Å². The molecule has 0 aromatic rings. The maximum atomic E-state index is 2.26. The first-order chi connectivity index (χ1) is 3.43. The summed E-state index contributed by atoms with van der Waals surface area (Å²) in [6.45, 7) is 2.26. The molecule has 7 heavy (non-hydrogen) atoms. The maximum absolute atomic E-state index is 2.26. The summed E-state index contributed by atoms with van der Waals surface area (Å²) in [6, 6.07) is 0. The molecule has 0 saturated carbocycles. The first-order valence-electron chi connectivity index (χ1n) is 3.05. The third-order valence-corrected chi connectivity index (χ3v) is 2.32. The Morgan fingerprint density at radius 1 is 1.71 bits per heavy atom. The summed E-state index contributed by atoms with van der Waals surface area (Å²) in [7, 11) is 0. The Balaban J connectivity index is 1.80. The third kappa shape index (κ3) is 2.22. The van der Waals surface area contributed by atoms with E-state index >= 15 is 0 Å². The van der Waals surface area contributed by atoms with Crippen molar-refractivity contribution in [1.82, 2.24) is 0 Å². The second-order valence-electron chi connectivity index (χ2n) is 2.10. The molecule has 1 saturated heterocycles. The fraction of sp³-hybridized carbons (Fsp3) is 1.00. The van der Waals surface area contributed by atoms with Gasteiger partial charge in [-0.25, -0.2) is 0 Å². The molecule has 0 spiro atoms. The normalized spacial score (nSPS) is 27.9. The van der Waals surface area contributed by atoms with Crippen molar-refractivity contribution in [2.45, 2.75) is 31.4 Å². The van der Waals surface area contributed by atoms with Gasteiger partial charge in [-0.2, -0.15) is 11.8 Å². The highest BCUT2D eigenvalue weighted by atomic mass is 32.2. The predicted molar refractivity (Wildman–Crippen MR) is 35.8 cm³/mol. The summed E-state index contributed by atoms with van der Waals surface area (Å²) < 4.78 is 0. The third-order valence-electron chi connectivity index (χ3n) is 1.28. The van der Waals surface area contributed by atoms with E-state index in [0.29, 0.717) is 0 Å². The van der Waals surface area contributed by atoms with Crippen LogP contribution in [-0.4, -0.2) is 11.0 Å². The van der Waals surface area contributed by atoms with Crippen molar-refractivity contribution in [1.29, 1.82) is 0 Å². The lowest BCUT2D eigenvalue weighted by atomic mass is 10.2. The van der Waals surface area contributed by atoms with Gasteiger partial charge in [-0.3, -0.25) is 0 Å². The molecule has 0 nitrogen and oxygen atoms in total. The van der Waals surface area contributed by atoms with Gasteiger partial charge in [-0.1, -0.05) is 19.8 Å². The minimum atomic E-state index is 1.07. The Hall–Kier alpha value is 0.350. The zero-order valence-corrected chi connectivity index (χ0v) is 5.63. The summed E-state index contributed by atoms with van der Waals surface area (Å²) in [5, 5.41) is 1.07. The average Bonchev–Trinajstić information content (AvgIpc) is 2.42. The van der Waals surface area contributed by atoms with Crippen LogP contribution in [0, 0.1) is 0 Å². The topological polar surface area (TPSA) is 0 Å². The van der Waals surface area contributed by atoms with Gasteiger partial charge in [0.25, 0.3) is 0 Å². The maximum Gasteiger partial charge on any atom is 0.0138 e. The van der Waals surface area contributed by atoms with E-state index in [0.717, 1.165) is 5.25 Å². The molecule has 0 radical (unpaired) electrons. The van der Waals surface area contributed by atoms with Crippen molar-refractivity contribution in [2.75, 3.05) is 5.75 Å². The van der Waals surface area contributed by atoms with Crippen molar-refractivity contribution in [3.05, 3.63) is 0 Å². The van der Waals surface area contributed by atoms with Gasteiger partial charge in [-0.15, -0.1) is 0 Å². The number of rotatable bonds is 3. The molecule has 0 aliphatic carbocycles. The van der Waals surface area contributed by atoms with Crippen LogP contribution in [0.25, 0.3) is 0 Å². The molecular formula is C6H12S. The fourth-order valence-corrected chi connectivity index (χ4v) is 1.30. The molecule has 42 valence electrons. The van der Waals surface area contributed by atoms with Gasteiger partial charge in [0.15, 0.2) is 0 Å². The predicted octanol–water partition coefficient (Wildman–Crippen LogP) is 2.29. The van der Waals surface area contributed by atoms with Gasteiger partial charge >= 0.3 is 0 Å². The fourth-order valence-electron chi connectivity index (χ4n) is 0.667. The molecule has 1 atom stereocenters. The van der Waals surface area contributed by atoms with Gasteiger partial charge in [-0.05, 0) is 6.42 Å². The Bertz CT molecular complexity index is 48.1. The molecule has 1 aliphatic heterocycles. The standard InChI is InChI=1S/C6H12S/c1-2-3-4-6-5-7-6/h6H,2-5H2,1H3/t6-/m0/s1. The molecule has 1 heteroatoms. The van der Waals surface area contributed by atoms with E-state index < -0.39 is 0 Å². The van der Waals surface area contributed by atoms with E-state index in [9.17, 15) is 0 Å². The van der Waals surface area contributed by atoms with E-state index in [2.05, 4.69) is 18.7 Å². The smallest absolute Gasteiger partial charge is 0.0138 e. The number of hydrogen-bond acceptors (Lipinski definition) is 1. The quantitative estimate of drug-likeness (QED) is 0.510. The van der Waals surface area contributed by atoms with Crippen molar-refractivity contribution in [2.24, 2.45) is 0 Å². The number of unbranched alkanes of at least 4 members (excludes halogenated alkanes) is 1. The minimum Gasteiger partial charge on any atom is -0.157 e. The highest BCUT2D eigenvalue weighted by Gasteiger charge is 2.20. The minimum absolute atomic E-state index is 1.07. The van der Waals surface area contributed by atoms with Crippen LogP contribution in [0.5, 0.6) is 0 Å². The molecule has 1 fully saturated rings. The monoisotopic (exact) mass is 116 g/mol. The Morgan fingerprint density at radius 3 is 2.86 bits per heavy atom. The van der Waals surface area contributed by atoms with Crippen LogP contribution in [0.15, 0.2) is 0 Å². The SMILES string of the molecule is CCCC[C@H]1CS1. The van der Waals surface area contributed by atoms with Crippen molar-refractivity contribution in [3.63, 3.8) is 0 Å². The summed E-state index contributed by atoms with van der Waals surface area (Å²) in [6.07, 6.45) is 4.29. The second-order valence-corrected chi connectivity index (χ2v) is 3.43. The van der Waals surface area contributed by atoms with Crippen LogP contribution in [0.2, 0.25) is 0 Å². The van der Waals surface area contributed by atoms with Gasteiger partial charge in [0, 0.05) is 11.0 Å². The lowest BCUT2D eigenvalue weighted by molar-refractivity contribution is 0.740. The van der Waals surface area contributed by atoms with Gasteiger partial charge < -0.3 is 0 Å². The summed E-state index contributed by atoms with van der Waals surface area (Å²) in [5.74, 6) is 1.44. The van der Waals surface area contributed by atoms with Crippen LogP contribution in [-0.2, 0) is 0 Å². The summed E-state index contributed by atoms with van der Waals surface area (Å²) in [4.78, 5) is 0. The van der Waals surface area contributed by atoms with Crippen LogP contribution in [0.1, 0.15) is 26.2 Å². The summed E-state index contributed by atoms with van der Waals surface area (Å²) >= 11 is 2.11. The highest BCUT2D eigenvalue weighted by Crippen LogP contribution is 2.34. The molecule has 0 bridgehead atoms. The van der Waals surface area contributed by atoms with E-state index in [-0.39, 0.29) is 0 Å². The largest absolute Gasteiger partial charge is 0.157 e. The van der Waals surface area contributed by atoms with Gasteiger partial charge in [0.05, 0.1) is 0 Å². The molecule has 0 aromatic carbocycles. The van der Waals surface area contributed by atoms with E-state index in [1.807, 2.05) is 0 Å². The van der Waals surface area contributed by atoms with Gasteiger partial charge in [0.1, 0.15) is 0 Å². The summed E-state index contributed by atoms with van der Waals surface area (Å²) in [5.41, 5.74) is 0. The van der Waals surface area contributed by atoms with E-state index in [1.54, 1.807) is 0 Å². The first kappa shape index (κ1) is 5.49. The first-order valence-corrected chi connectivity index (χ1v) is 4.10. The van der Waals surface area contributed by atoms with E-state index in [4.69, 9.17) is 0 Å². The zero-order valence-electron chi connectivity index (χ0n) is 4.81. The second kappa shape index (κ2) is 2.61. The number of hydrogen-bond donors (Lipinski definition) is 0. The molecular weight excluding hydrogens is 104 g/mol. The molecule has 1 heterocycles. The Kier molecular flexibility index (Phi) is 2.04. The molecule has 0 unspecified atom stereocenters. The average molecular weight is 116 g/mol. The number of thioether (sulfide) groups is 1. The molecule has 1 aliphatic rings. The zero-order chi connectivity index (χ0) is 5.11. The van der Waals surface area contributed by atoms with Crippen molar-refractivity contribution < 1.29 is 0 Å². The van der Waals surface area contributed by atoms with Crippen LogP contribution in [0.3, 0.4) is 0 Å². The Labute approximate surface area is 49.7 Å². The lowest BCUT2D eigenvalue weighted by Crippen LogP contribution is -1.79. The highest BCUT2D eigenvalue weighted by molar-refractivity contribution is 8.06. The van der Waals surface area contributed by atoms with Crippen molar-refractivity contribution >= 4 is 11.8 Å². The lowest BCUT2D eigenvalue weighted by Gasteiger charge is -1.87. The molecule has 0 N–H and O–H groups in total. The van der Waals surface area contributed by atoms with E-state index in [1.165, 1.54) is 25.0 Å². The van der Waals surface area contributed by atoms with Crippen LogP contribution < -0.4 is 0 Å². The van der Waals surface area contributed by atoms with Crippen LogP contribution >= 0.6 is 11.8 Å².